The van der Waals surface area contributed by atoms with E-state index in [4.69, 9.17) is 4.52 Å². The number of aryl methyl sites for hydroxylation is 1. The molecule has 3 aromatic rings. The largest absolute Gasteiger partial charge is 0.337 e. The lowest BCUT2D eigenvalue weighted by Gasteiger charge is -2.20. The Hall–Kier alpha value is -2.21. The standard InChI is InChI=1S/C17H18N4OS/c1-12-5-2-3-6-13(12)11-15-19-16(22-20-15)14-7-4-9-21(14)17-18-8-10-23-17/h2-3,5-6,8,10,14H,4,7,9,11H2,1H3. The molecular formula is C17H18N4OS. The molecule has 118 valence electrons. The Labute approximate surface area is 139 Å². The van der Waals surface area contributed by atoms with Gasteiger partial charge in [0.1, 0.15) is 6.04 Å². The van der Waals surface area contributed by atoms with Crippen LogP contribution in [0.15, 0.2) is 40.4 Å². The zero-order valence-electron chi connectivity index (χ0n) is 13.0. The van der Waals surface area contributed by atoms with Crippen LogP contribution in [0.3, 0.4) is 0 Å². The molecule has 0 aliphatic carbocycles. The molecule has 1 aliphatic heterocycles. The number of benzene rings is 1. The lowest BCUT2D eigenvalue weighted by molar-refractivity contribution is 0.351. The molecule has 0 N–H and O–H groups in total. The van der Waals surface area contributed by atoms with Crippen LogP contribution >= 0.6 is 11.3 Å². The number of rotatable bonds is 4. The van der Waals surface area contributed by atoms with Crippen LogP contribution in [0.5, 0.6) is 0 Å². The third kappa shape index (κ3) is 2.86. The highest BCUT2D eigenvalue weighted by Crippen LogP contribution is 2.36. The van der Waals surface area contributed by atoms with Crippen LogP contribution in [0.2, 0.25) is 0 Å². The molecule has 23 heavy (non-hydrogen) atoms. The molecule has 3 heterocycles. The Bertz CT molecular complexity index is 784. The SMILES string of the molecule is Cc1ccccc1Cc1noc(C2CCCN2c2nccs2)n1. The molecule has 0 spiro atoms. The highest BCUT2D eigenvalue weighted by Gasteiger charge is 2.32. The summed E-state index contributed by atoms with van der Waals surface area (Å²) < 4.78 is 5.56. The van der Waals surface area contributed by atoms with E-state index in [0.29, 0.717) is 12.3 Å². The summed E-state index contributed by atoms with van der Waals surface area (Å²) in [7, 11) is 0. The van der Waals surface area contributed by atoms with Crippen molar-refractivity contribution >= 4 is 16.5 Å². The van der Waals surface area contributed by atoms with E-state index in [1.165, 1.54) is 11.1 Å². The molecule has 1 atom stereocenters. The lowest BCUT2D eigenvalue weighted by atomic mass is 10.1. The predicted octanol–water partition coefficient (Wildman–Crippen LogP) is 3.77. The van der Waals surface area contributed by atoms with Gasteiger partial charge in [-0.05, 0) is 30.9 Å². The van der Waals surface area contributed by atoms with E-state index in [9.17, 15) is 0 Å². The molecule has 1 saturated heterocycles. The van der Waals surface area contributed by atoms with Gasteiger partial charge in [-0.1, -0.05) is 29.4 Å². The van der Waals surface area contributed by atoms with Gasteiger partial charge in [-0.3, -0.25) is 0 Å². The van der Waals surface area contributed by atoms with Gasteiger partial charge in [-0.2, -0.15) is 4.98 Å². The summed E-state index contributed by atoms with van der Waals surface area (Å²) in [5.41, 5.74) is 2.49. The first-order valence-corrected chi connectivity index (χ1v) is 8.72. The van der Waals surface area contributed by atoms with Crippen molar-refractivity contribution in [3.8, 4) is 0 Å². The van der Waals surface area contributed by atoms with Crippen LogP contribution in [0.25, 0.3) is 0 Å². The van der Waals surface area contributed by atoms with E-state index in [1.807, 2.05) is 23.7 Å². The van der Waals surface area contributed by atoms with Gasteiger partial charge in [0.15, 0.2) is 11.0 Å². The summed E-state index contributed by atoms with van der Waals surface area (Å²) in [5.74, 6) is 1.46. The van der Waals surface area contributed by atoms with Gasteiger partial charge in [-0.15, -0.1) is 11.3 Å². The normalized spacial score (nSPS) is 17.8. The Morgan fingerprint density at radius 3 is 3.09 bits per heavy atom. The molecule has 1 fully saturated rings. The minimum absolute atomic E-state index is 0.152. The van der Waals surface area contributed by atoms with Crippen LogP contribution < -0.4 is 4.90 Å². The second kappa shape index (κ2) is 6.12. The Morgan fingerprint density at radius 1 is 1.35 bits per heavy atom. The van der Waals surface area contributed by atoms with Gasteiger partial charge in [-0.25, -0.2) is 4.98 Å². The second-order valence-corrected chi connectivity index (χ2v) is 6.69. The van der Waals surface area contributed by atoms with Crippen molar-refractivity contribution in [2.24, 2.45) is 0 Å². The van der Waals surface area contributed by atoms with Crippen LogP contribution in [0.4, 0.5) is 5.13 Å². The highest BCUT2D eigenvalue weighted by molar-refractivity contribution is 7.13. The maximum absolute atomic E-state index is 5.56. The third-order valence-corrected chi connectivity index (χ3v) is 5.10. The van der Waals surface area contributed by atoms with Gasteiger partial charge in [0.05, 0.1) is 0 Å². The summed E-state index contributed by atoms with van der Waals surface area (Å²) in [6.45, 7) is 3.10. The van der Waals surface area contributed by atoms with Crippen molar-refractivity contribution in [2.75, 3.05) is 11.4 Å². The van der Waals surface area contributed by atoms with E-state index >= 15 is 0 Å². The average Bonchev–Trinajstić information content (AvgIpc) is 3.30. The number of anilines is 1. The molecule has 0 radical (unpaired) electrons. The number of aromatic nitrogens is 3. The van der Waals surface area contributed by atoms with Crippen molar-refractivity contribution in [2.45, 2.75) is 32.2 Å². The monoisotopic (exact) mass is 326 g/mol. The molecule has 0 saturated carbocycles. The quantitative estimate of drug-likeness (QED) is 0.730. The van der Waals surface area contributed by atoms with E-state index in [1.54, 1.807) is 11.3 Å². The second-order valence-electron chi connectivity index (χ2n) is 5.82. The van der Waals surface area contributed by atoms with Crippen LogP contribution in [-0.4, -0.2) is 21.7 Å². The van der Waals surface area contributed by atoms with Gasteiger partial charge in [0.2, 0.25) is 5.89 Å². The molecule has 1 aromatic carbocycles. The van der Waals surface area contributed by atoms with Crippen LogP contribution in [-0.2, 0) is 6.42 Å². The maximum atomic E-state index is 5.56. The fourth-order valence-electron chi connectivity index (χ4n) is 3.06. The Morgan fingerprint density at radius 2 is 2.26 bits per heavy atom. The lowest BCUT2D eigenvalue weighted by Crippen LogP contribution is -2.22. The summed E-state index contributed by atoms with van der Waals surface area (Å²) in [6.07, 6.45) is 4.71. The minimum atomic E-state index is 0.152. The van der Waals surface area contributed by atoms with E-state index < -0.39 is 0 Å². The fourth-order valence-corrected chi connectivity index (χ4v) is 3.78. The van der Waals surface area contributed by atoms with Gasteiger partial charge in [0.25, 0.3) is 0 Å². The molecule has 0 amide bonds. The summed E-state index contributed by atoms with van der Waals surface area (Å²) in [5, 5.41) is 7.22. The van der Waals surface area contributed by atoms with E-state index in [-0.39, 0.29) is 6.04 Å². The molecule has 1 aliphatic rings. The number of hydrogen-bond acceptors (Lipinski definition) is 6. The number of nitrogens with zero attached hydrogens (tertiary/aromatic N) is 4. The van der Waals surface area contributed by atoms with Crippen LogP contribution in [0, 0.1) is 6.92 Å². The molecule has 4 rings (SSSR count). The Balaban J connectivity index is 1.55. The average molecular weight is 326 g/mol. The van der Waals surface area contributed by atoms with Crippen molar-refractivity contribution in [3.63, 3.8) is 0 Å². The summed E-state index contributed by atoms with van der Waals surface area (Å²) in [6, 6.07) is 8.47. The highest BCUT2D eigenvalue weighted by atomic mass is 32.1. The zero-order chi connectivity index (χ0) is 15.6. The van der Waals surface area contributed by atoms with Crippen molar-refractivity contribution in [3.05, 3.63) is 58.7 Å². The molecule has 1 unspecified atom stereocenters. The third-order valence-electron chi connectivity index (χ3n) is 4.30. The van der Waals surface area contributed by atoms with Crippen molar-refractivity contribution in [1.29, 1.82) is 0 Å². The molecular weight excluding hydrogens is 308 g/mol. The summed E-state index contributed by atoms with van der Waals surface area (Å²) in [4.78, 5) is 11.3. The number of hydrogen-bond donors (Lipinski definition) is 0. The van der Waals surface area contributed by atoms with Gasteiger partial charge < -0.3 is 9.42 Å². The van der Waals surface area contributed by atoms with Crippen molar-refractivity contribution < 1.29 is 4.52 Å². The smallest absolute Gasteiger partial charge is 0.249 e. The number of thiazole rings is 1. The first-order valence-electron chi connectivity index (χ1n) is 7.84. The van der Waals surface area contributed by atoms with E-state index in [2.05, 4.69) is 39.1 Å². The molecule has 2 aromatic heterocycles. The fraction of sp³-hybridized carbons (Fsp3) is 0.353. The first-order chi connectivity index (χ1) is 11.3. The summed E-state index contributed by atoms with van der Waals surface area (Å²) >= 11 is 1.65. The topological polar surface area (TPSA) is 55.1 Å². The van der Waals surface area contributed by atoms with Crippen molar-refractivity contribution in [1.82, 2.24) is 15.1 Å². The maximum Gasteiger partial charge on any atom is 0.249 e. The first kappa shape index (κ1) is 14.4. The minimum Gasteiger partial charge on any atom is -0.337 e. The molecule has 5 nitrogen and oxygen atoms in total. The van der Waals surface area contributed by atoms with Gasteiger partial charge in [0, 0.05) is 24.5 Å². The molecule has 0 bridgehead atoms. The molecule has 6 heteroatoms. The predicted molar refractivity (Wildman–Crippen MR) is 89.7 cm³/mol. The van der Waals surface area contributed by atoms with E-state index in [0.717, 1.165) is 30.3 Å². The Kier molecular flexibility index (Phi) is 3.83. The van der Waals surface area contributed by atoms with Crippen LogP contribution in [0.1, 0.15) is 41.7 Å². The zero-order valence-corrected chi connectivity index (χ0v) is 13.8. The van der Waals surface area contributed by atoms with Gasteiger partial charge >= 0.3 is 0 Å².